The number of carbonyl (C=O) groups excluding carboxylic acids is 1. The van der Waals surface area contributed by atoms with Crippen LogP contribution in [0.3, 0.4) is 0 Å². The van der Waals surface area contributed by atoms with Crippen LogP contribution in [0.2, 0.25) is 0 Å². The van der Waals surface area contributed by atoms with E-state index in [0.29, 0.717) is 6.04 Å². The molecule has 0 aliphatic rings. The van der Waals surface area contributed by atoms with Crippen LogP contribution in [-0.4, -0.2) is 49.7 Å². The van der Waals surface area contributed by atoms with Crippen LogP contribution in [-0.2, 0) is 9.53 Å². The van der Waals surface area contributed by atoms with Gasteiger partial charge in [-0.1, -0.05) is 34.1 Å². The maximum atomic E-state index is 11.7. The molecular weight excluding hydrogens is 228 g/mol. The second-order valence-corrected chi connectivity index (χ2v) is 4.97. The fourth-order valence-corrected chi connectivity index (χ4v) is 1.94. The van der Waals surface area contributed by atoms with Crippen molar-refractivity contribution in [1.29, 1.82) is 0 Å². The molecule has 1 N–H and O–H groups in total. The van der Waals surface area contributed by atoms with Gasteiger partial charge >= 0.3 is 5.97 Å². The highest BCUT2D eigenvalue weighted by molar-refractivity contribution is 5.75. The summed E-state index contributed by atoms with van der Waals surface area (Å²) in [4.78, 5) is 14.0. The van der Waals surface area contributed by atoms with Crippen LogP contribution in [0.25, 0.3) is 0 Å². The van der Waals surface area contributed by atoms with Gasteiger partial charge in [0.25, 0.3) is 0 Å². The minimum absolute atomic E-state index is 0.157. The van der Waals surface area contributed by atoms with Crippen LogP contribution in [0.15, 0.2) is 0 Å². The number of rotatable bonds is 10. The number of unbranched alkanes of at least 4 members (excludes halogenated alkanes) is 1. The first-order valence-corrected chi connectivity index (χ1v) is 7.11. The van der Waals surface area contributed by atoms with Crippen molar-refractivity contribution in [2.45, 2.75) is 59.0 Å². The van der Waals surface area contributed by atoms with Gasteiger partial charge in [0.15, 0.2) is 0 Å². The summed E-state index contributed by atoms with van der Waals surface area (Å²) in [5.74, 6) is -0.157. The Hall–Kier alpha value is -0.610. The summed E-state index contributed by atoms with van der Waals surface area (Å²) in [7, 11) is 1.45. The highest BCUT2D eigenvalue weighted by atomic mass is 16.5. The molecule has 0 heterocycles. The number of hydrogen-bond donors (Lipinski definition) is 1. The lowest BCUT2D eigenvalue weighted by atomic mass is 10.1. The highest BCUT2D eigenvalue weighted by Crippen LogP contribution is 2.02. The SMILES string of the molecule is CCCCN(CC)CCC(NC(C)C)C(=O)OC. The van der Waals surface area contributed by atoms with Gasteiger partial charge in [0.05, 0.1) is 7.11 Å². The molecule has 108 valence electrons. The first kappa shape index (κ1) is 17.4. The zero-order valence-corrected chi connectivity index (χ0v) is 12.7. The molecule has 0 amide bonds. The molecule has 0 saturated heterocycles. The molecule has 1 atom stereocenters. The molecule has 0 aromatic heterocycles. The number of ether oxygens (including phenoxy) is 1. The van der Waals surface area contributed by atoms with E-state index in [0.717, 1.165) is 26.1 Å². The van der Waals surface area contributed by atoms with Gasteiger partial charge < -0.3 is 15.0 Å². The van der Waals surface area contributed by atoms with E-state index < -0.39 is 0 Å². The van der Waals surface area contributed by atoms with E-state index in [1.165, 1.54) is 20.0 Å². The third-order valence-corrected chi connectivity index (χ3v) is 3.03. The summed E-state index contributed by atoms with van der Waals surface area (Å²) in [6.07, 6.45) is 3.23. The summed E-state index contributed by atoms with van der Waals surface area (Å²) in [5, 5.41) is 3.26. The van der Waals surface area contributed by atoms with Crippen molar-refractivity contribution < 1.29 is 9.53 Å². The lowest BCUT2D eigenvalue weighted by Crippen LogP contribution is -2.43. The molecule has 0 spiro atoms. The summed E-state index contributed by atoms with van der Waals surface area (Å²) in [5.41, 5.74) is 0. The van der Waals surface area contributed by atoms with E-state index >= 15 is 0 Å². The Kier molecular flexibility index (Phi) is 9.98. The van der Waals surface area contributed by atoms with E-state index in [9.17, 15) is 4.79 Å². The van der Waals surface area contributed by atoms with Crippen molar-refractivity contribution in [3.8, 4) is 0 Å². The van der Waals surface area contributed by atoms with E-state index in [-0.39, 0.29) is 12.0 Å². The first-order valence-electron chi connectivity index (χ1n) is 7.11. The van der Waals surface area contributed by atoms with E-state index in [4.69, 9.17) is 4.74 Å². The third-order valence-electron chi connectivity index (χ3n) is 3.03. The van der Waals surface area contributed by atoms with E-state index in [1.807, 2.05) is 13.8 Å². The van der Waals surface area contributed by atoms with Gasteiger partial charge in [-0.05, 0) is 25.9 Å². The Bertz CT molecular complexity index is 220. The van der Waals surface area contributed by atoms with Crippen molar-refractivity contribution in [1.82, 2.24) is 10.2 Å². The molecule has 0 saturated carbocycles. The zero-order chi connectivity index (χ0) is 14.0. The minimum Gasteiger partial charge on any atom is -0.468 e. The van der Waals surface area contributed by atoms with Crippen LogP contribution >= 0.6 is 0 Å². The maximum Gasteiger partial charge on any atom is 0.322 e. The number of esters is 1. The topological polar surface area (TPSA) is 41.6 Å². The molecule has 4 heteroatoms. The number of hydrogen-bond acceptors (Lipinski definition) is 4. The number of carbonyl (C=O) groups is 1. The Morgan fingerprint density at radius 1 is 1.28 bits per heavy atom. The summed E-state index contributed by atoms with van der Waals surface area (Å²) < 4.78 is 4.84. The molecule has 0 bridgehead atoms. The Balaban J connectivity index is 4.17. The van der Waals surface area contributed by atoms with Gasteiger partial charge in [-0.15, -0.1) is 0 Å². The predicted octanol–water partition coefficient (Wildman–Crippen LogP) is 2.04. The second kappa shape index (κ2) is 10.3. The number of methoxy groups -OCH3 is 1. The summed E-state index contributed by atoms with van der Waals surface area (Å²) in [6.45, 7) is 11.5. The van der Waals surface area contributed by atoms with Crippen molar-refractivity contribution in [2.75, 3.05) is 26.7 Å². The first-order chi connectivity index (χ1) is 8.54. The third kappa shape index (κ3) is 7.67. The predicted molar refractivity (Wildman–Crippen MR) is 75.7 cm³/mol. The molecule has 0 rings (SSSR count). The highest BCUT2D eigenvalue weighted by Gasteiger charge is 2.20. The Morgan fingerprint density at radius 3 is 2.39 bits per heavy atom. The summed E-state index contributed by atoms with van der Waals surface area (Å²) in [6, 6.07) is 0.102. The lowest BCUT2D eigenvalue weighted by Gasteiger charge is -2.24. The van der Waals surface area contributed by atoms with Crippen LogP contribution in [0.5, 0.6) is 0 Å². The molecule has 0 aromatic rings. The molecule has 0 aliphatic carbocycles. The van der Waals surface area contributed by atoms with Gasteiger partial charge in [0, 0.05) is 12.6 Å². The molecule has 18 heavy (non-hydrogen) atoms. The van der Waals surface area contributed by atoms with Crippen molar-refractivity contribution >= 4 is 5.97 Å². The monoisotopic (exact) mass is 258 g/mol. The average molecular weight is 258 g/mol. The Morgan fingerprint density at radius 2 is 1.94 bits per heavy atom. The van der Waals surface area contributed by atoms with Gasteiger partial charge in [-0.3, -0.25) is 4.79 Å². The maximum absolute atomic E-state index is 11.7. The van der Waals surface area contributed by atoms with Gasteiger partial charge in [0.2, 0.25) is 0 Å². The van der Waals surface area contributed by atoms with Gasteiger partial charge in [-0.25, -0.2) is 0 Å². The second-order valence-electron chi connectivity index (χ2n) is 4.97. The zero-order valence-electron chi connectivity index (χ0n) is 12.7. The van der Waals surface area contributed by atoms with Crippen molar-refractivity contribution in [3.05, 3.63) is 0 Å². The molecule has 0 radical (unpaired) electrons. The molecular formula is C14H30N2O2. The minimum atomic E-state index is -0.189. The summed E-state index contributed by atoms with van der Waals surface area (Å²) >= 11 is 0. The quantitative estimate of drug-likeness (QED) is 0.609. The normalized spacial score (nSPS) is 13.1. The largest absolute Gasteiger partial charge is 0.468 e. The van der Waals surface area contributed by atoms with Gasteiger partial charge in [-0.2, -0.15) is 0 Å². The van der Waals surface area contributed by atoms with E-state index in [1.54, 1.807) is 0 Å². The van der Waals surface area contributed by atoms with Crippen LogP contribution in [0, 0.1) is 0 Å². The number of nitrogens with one attached hydrogen (secondary N) is 1. The van der Waals surface area contributed by atoms with Crippen LogP contribution in [0.4, 0.5) is 0 Å². The molecule has 1 unspecified atom stereocenters. The Labute approximate surface area is 112 Å². The fourth-order valence-electron chi connectivity index (χ4n) is 1.94. The van der Waals surface area contributed by atoms with Crippen molar-refractivity contribution in [3.63, 3.8) is 0 Å². The molecule has 0 aliphatic heterocycles. The van der Waals surface area contributed by atoms with Crippen LogP contribution < -0.4 is 5.32 Å². The van der Waals surface area contributed by atoms with E-state index in [2.05, 4.69) is 24.1 Å². The average Bonchev–Trinajstić information content (AvgIpc) is 2.36. The molecule has 4 nitrogen and oxygen atoms in total. The van der Waals surface area contributed by atoms with Crippen LogP contribution in [0.1, 0.15) is 47.0 Å². The standard InChI is InChI=1S/C14H30N2O2/c1-6-8-10-16(7-2)11-9-13(14(17)18-5)15-12(3)4/h12-13,15H,6-11H2,1-5H3. The number of nitrogens with zero attached hydrogens (tertiary/aromatic N) is 1. The molecule has 0 fully saturated rings. The molecule has 0 aromatic carbocycles. The van der Waals surface area contributed by atoms with Crippen molar-refractivity contribution in [2.24, 2.45) is 0 Å². The van der Waals surface area contributed by atoms with Gasteiger partial charge in [0.1, 0.15) is 6.04 Å². The smallest absolute Gasteiger partial charge is 0.322 e. The lowest BCUT2D eigenvalue weighted by molar-refractivity contribution is -0.143. The fraction of sp³-hybridized carbons (Fsp3) is 0.929.